The van der Waals surface area contributed by atoms with Crippen LogP contribution in [0.5, 0.6) is 0 Å². The van der Waals surface area contributed by atoms with Gasteiger partial charge < -0.3 is 10.6 Å². The zero-order valence-electron chi connectivity index (χ0n) is 11.5. The lowest BCUT2D eigenvalue weighted by Gasteiger charge is -2.16. The molecule has 0 aromatic carbocycles. The van der Waals surface area contributed by atoms with Gasteiger partial charge in [-0.2, -0.15) is 0 Å². The van der Waals surface area contributed by atoms with Crippen LogP contribution in [0.1, 0.15) is 37.0 Å². The molecule has 106 valence electrons. The molecule has 4 heteroatoms. The molecule has 19 heavy (non-hydrogen) atoms. The number of hydrogen-bond acceptors (Lipinski definition) is 3. The topological polar surface area (TPSA) is 46.3 Å². The number of carbonyl (C=O) groups excluding carboxylic acids is 1. The Morgan fingerprint density at radius 1 is 1.42 bits per heavy atom. The van der Waals surface area contributed by atoms with E-state index < -0.39 is 0 Å². The Hall–Kier alpha value is -0.870. The second-order valence-corrected chi connectivity index (χ2v) is 6.40. The van der Waals surface area contributed by atoms with Crippen LogP contribution in [-0.4, -0.2) is 30.4 Å². The van der Waals surface area contributed by atoms with Crippen molar-refractivity contribution < 1.29 is 4.79 Å². The minimum Gasteiger partial charge on any atom is -0.342 e. The van der Waals surface area contributed by atoms with Crippen molar-refractivity contribution in [1.29, 1.82) is 0 Å². The van der Waals surface area contributed by atoms with E-state index in [0.717, 1.165) is 38.8 Å². The van der Waals surface area contributed by atoms with Gasteiger partial charge >= 0.3 is 0 Å². The monoisotopic (exact) mass is 280 g/mol. The number of aryl methyl sites for hydroxylation is 1. The van der Waals surface area contributed by atoms with Crippen molar-refractivity contribution >= 4 is 17.2 Å². The molecule has 0 spiro atoms. The van der Waals surface area contributed by atoms with Gasteiger partial charge in [0.15, 0.2) is 0 Å². The maximum atomic E-state index is 12.0. The molecule has 1 aliphatic rings. The molecule has 1 unspecified atom stereocenters. The van der Waals surface area contributed by atoms with E-state index in [1.54, 1.807) is 0 Å². The number of thiophene rings is 1. The first-order valence-electron chi connectivity index (χ1n) is 7.30. The van der Waals surface area contributed by atoms with Crippen LogP contribution < -0.4 is 5.73 Å². The number of hydrogen-bond donors (Lipinski definition) is 1. The predicted octanol–water partition coefficient (Wildman–Crippen LogP) is 2.66. The summed E-state index contributed by atoms with van der Waals surface area (Å²) in [6.45, 7) is 2.50. The van der Waals surface area contributed by atoms with Crippen molar-refractivity contribution in [1.82, 2.24) is 4.90 Å². The summed E-state index contributed by atoms with van der Waals surface area (Å²) in [5.41, 5.74) is 5.65. The fourth-order valence-electron chi connectivity index (χ4n) is 2.62. The van der Waals surface area contributed by atoms with E-state index >= 15 is 0 Å². The molecule has 2 N–H and O–H groups in total. The molecule has 1 atom stereocenters. The standard InChI is InChI=1S/C15H24N2OS/c16-11-13-8-9-17(12-13)15(18)7-3-1-2-5-14-6-4-10-19-14/h4,6,10,13H,1-3,5,7-9,11-12,16H2. The van der Waals surface area contributed by atoms with Gasteiger partial charge in [0.1, 0.15) is 0 Å². The molecule has 0 aliphatic carbocycles. The lowest BCUT2D eigenvalue weighted by atomic mass is 10.1. The molecule has 1 aliphatic heterocycles. The Morgan fingerprint density at radius 3 is 3.00 bits per heavy atom. The second kappa shape index (κ2) is 7.65. The van der Waals surface area contributed by atoms with Crippen LogP contribution in [0.4, 0.5) is 0 Å². The van der Waals surface area contributed by atoms with Gasteiger partial charge in [-0.1, -0.05) is 12.5 Å². The van der Waals surface area contributed by atoms with Crippen molar-refractivity contribution in [3.8, 4) is 0 Å². The van der Waals surface area contributed by atoms with Crippen LogP contribution in [0, 0.1) is 5.92 Å². The molecule has 0 bridgehead atoms. The highest BCUT2D eigenvalue weighted by atomic mass is 32.1. The maximum absolute atomic E-state index is 12.0. The van der Waals surface area contributed by atoms with Gasteiger partial charge in [0.2, 0.25) is 5.91 Å². The lowest BCUT2D eigenvalue weighted by molar-refractivity contribution is -0.130. The lowest BCUT2D eigenvalue weighted by Crippen LogP contribution is -2.29. The minimum atomic E-state index is 0.326. The normalized spacial score (nSPS) is 19.0. The van der Waals surface area contributed by atoms with Crippen molar-refractivity contribution in [3.63, 3.8) is 0 Å². The quantitative estimate of drug-likeness (QED) is 0.781. The van der Waals surface area contributed by atoms with Crippen molar-refractivity contribution in [3.05, 3.63) is 22.4 Å². The van der Waals surface area contributed by atoms with E-state index in [1.807, 2.05) is 16.2 Å². The van der Waals surface area contributed by atoms with Crippen LogP contribution >= 0.6 is 11.3 Å². The van der Waals surface area contributed by atoms with Crippen molar-refractivity contribution in [2.24, 2.45) is 11.7 Å². The van der Waals surface area contributed by atoms with Crippen LogP contribution in [-0.2, 0) is 11.2 Å². The SMILES string of the molecule is NCC1CCN(C(=O)CCCCCc2cccs2)C1. The highest BCUT2D eigenvalue weighted by Gasteiger charge is 2.24. The molecular weight excluding hydrogens is 256 g/mol. The number of nitrogens with two attached hydrogens (primary N) is 1. The fraction of sp³-hybridized carbons (Fsp3) is 0.667. The fourth-order valence-corrected chi connectivity index (χ4v) is 3.37. The smallest absolute Gasteiger partial charge is 0.222 e. The van der Waals surface area contributed by atoms with Crippen molar-refractivity contribution in [2.75, 3.05) is 19.6 Å². The predicted molar refractivity (Wildman–Crippen MR) is 80.2 cm³/mol. The summed E-state index contributed by atoms with van der Waals surface area (Å²) in [7, 11) is 0. The van der Waals surface area contributed by atoms with E-state index in [4.69, 9.17) is 5.73 Å². The third kappa shape index (κ3) is 4.62. The van der Waals surface area contributed by atoms with Crippen LogP contribution in [0.3, 0.4) is 0 Å². The van der Waals surface area contributed by atoms with Gasteiger partial charge in [-0.3, -0.25) is 4.79 Å². The van der Waals surface area contributed by atoms with E-state index in [9.17, 15) is 4.79 Å². The average molecular weight is 280 g/mol. The van der Waals surface area contributed by atoms with Crippen molar-refractivity contribution in [2.45, 2.75) is 38.5 Å². The van der Waals surface area contributed by atoms with Crippen LogP contribution in [0.25, 0.3) is 0 Å². The van der Waals surface area contributed by atoms with Gasteiger partial charge in [-0.15, -0.1) is 11.3 Å². The highest BCUT2D eigenvalue weighted by molar-refractivity contribution is 7.09. The van der Waals surface area contributed by atoms with Gasteiger partial charge in [-0.25, -0.2) is 0 Å². The summed E-state index contributed by atoms with van der Waals surface area (Å²) in [4.78, 5) is 15.4. The largest absolute Gasteiger partial charge is 0.342 e. The van der Waals surface area contributed by atoms with Gasteiger partial charge in [0.05, 0.1) is 0 Å². The number of likely N-dealkylation sites (tertiary alicyclic amines) is 1. The second-order valence-electron chi connectivity index (χ2n) is 5.37. The minimum absolute atomic E-state index is 0.326. The van der Waals surface area contributed by atoms with Gasteiger partial charge in [0, 0.05) is 24.4 Å². The van der Waals surface area contributed by atoms with Gasteiger partial charge in [0.25, 0.3) is 0 Å². The first-order chi connectivity index (χ1) is 9.29. The summed E-state index contributed by atoms with van der Waals surface area (Å²) in [5.74, 6) is 0.856. The highest BCUT2D eigenvalue weighted by Crippen LogP contribution is 2.17. The Balaban J connectivity index is 1.54. The van der Waals surface area contributed by atoms with Gasteiger partial charge in [-0.05, 0) is 49.6 Å². The molecule has 2 rings (SSSR count). The zero-order valence-corrected chi connectivity index (χ0v) is 12.3. The first-order valence-corrected chi connectivity index (χ1v) is 8.18. The molecular formula is C15H24N2OS. The Kier molecular flexibility index (Phi) is 5.86. The summed E-state index contributed by atoms with van der Waals surface area (Å²) in [6, 6.07) is 4.29. The van der Waals surface area contributed by atoms with E-state index in [2.05, 4.69) is 17.5 Å². The zero-order chi connectivity index (χ0) is 13.5. The van der Waals surface area contributed by atoms with Crippen LogP contribution in [0.2, 0.25) is 0 Å². The number of unbranched alkanes of at least 4 members (excludes halogenated alkanes) is 2. The number of nitrogens with zero attached hydrogens (tertiary/aromatic N) is 1. The van der Waals surface area contributed by atoms with Crippen LogP contribution in [0.15, 0.2) is 17.5 Å². The molecule has 1 saturated heterocycles. The Bertz CT molecular complexity index is 378. The number of rotatable bonds is 7. The molecule has 2 heterocycles. The molecule has 3 nitrogen and oxygen atoms in total. The van der Waals surface area contributed by atoms with E-state index in [1.165, 1.54) is 11.3 Å². The van der Waals surface area contributed by atoms with E-state index in [-0.39, 0.29) is 0 Å². The Labute approximate surface area is 119 Å². The maximum Gasteiger partial charge on any atom is 0.222 e. The molecule has 0 radical (unpaired) electrons. The molecule has 0 saturated carbocycles. The third-order valence-corrected chi connectivity index (χ3v) is 4.80. The number of carbonyl (C=O) groups is 1. The first kappa shape index (κ1) is 14.5. The summed E-state index contributed by atoms with van der Waals surface area (Å²) in [6.07, 6.45) is 6.32. The van der Waals surface area contributed by atoms with E-state index in [0.29, 0.717) is 24.8 Å². The summed E-state index contributed by atoms with van der Waals surface area (Å²) < 4.78 is 0. The third-order valence-electron chi connectivity index (χ3n) is 3.87. The Morgan fingerprint density at radius 2 is 2.32 bits per heavy atom. The molecule has 1 amide bonds. The summed E-state index contributed by atoms with van der Waals surface area (Å²) >= 11 is 1.82. The average Bonchev–Trinajstić information content (AvgIpc) is 3.09. The molecule has 1 aromatic rings. The molecule has 1 fully saturated rings. The molecule has 1 aromatic heterocycles. The summed E-state index contributed by atoms with van der Waals surface area (Å²) in [5, 5.41) is 2.13. The number of amides is 1.